The smallest absolute Gasteiger partial charge is 0.358 e. The highest BCUT2D eigenvalue weighted by Gasteiger charge is 2.25. The van der Waals surface area contributed by atoms with Crippen LogP contribution in [0.4, 0.5) is 5.82 Å². The summed E-state index contributed by atoms with van der Waals surface area (Å²) in [4.78, 5) is 17.2. The summed E-state index contributed by atoms with van der Waals surface area (Å²) in [7, 11) is 1.77. The van der Waals surface area contributed by atoms with E-state index in [4.69, 9.17) is 4.74 Å². The number of ether oxygens (including phenoxy) is 1. The minimum atomic E-state index is -0.586. The predicted octanol–water partition coefficient (Wildman–Crippen LogP) is 4.30. The highest BCUT2D eigenvalue weighted by atomic mass is 16.6. The lowest BCUT2D eigenvalue weighted by Gasteiger charge is -2.21. The van der Waals surface area contributed by atoms with Gasteiger partial charge in [-0.2, -0.15) is 5.10 Å². The van der Waals surface area contributed by atoms with Crippen LogP contribution < -0.4 is 5.32 Å². The summed E-state index contributed by atoms with van der Waals surface area (Å²) in [5.41, 5.74) is 2.45. The zero-order valence-corrected chi connectivity index (χ0v) is 17.1. The van der Waals surface area contributed by atoms with Crippen molar-refractivity contribution in [3.8, 4) is 11.1 Å². The van der Waals surface area contributed by atoms with E-state index in [1.165, 1.54) is 0 Å². The van der Waals surface area contributed by atoms with E-state index in [-0.39, 0.29) is 5.41 Å². The van der Waals surface area contributed by atoms with E-state index in [9.17, 15) is 4.79 Å². The van der Waals surface area contributed by atoms with Crippen molar-refractivity contribution in [1.82, 2.24) is 14.8 Å². The molecule has 6 heteroatoms. The molecule has 0 fully saturated rings. The Bertz CT molecular complexity index is 795. The Hall–Kier alpha value is -2.37. The van der Waals surface area contributed by atoms with E-state index in [0.29, 0.717) is 11.5 Å². The van der Waals surface area contributed by atoms with Gasteiger partial charge in [0.15, 0.2) is 5.69 Å². The molecular formula is C20H30N4O2. The normalized spacial score (nSPS) is 12.2. The van der Waals surface area contributed by atoms with Gasteiger partial charge < -0.3 is 10.1 Å². The molecule has 0 amide bonds. The van der Waals surface area contributed by atoms with Crippen molar-refractivity contribution in [3.05, 3.63) is 29.7 Å². The molecule has 0 spiro atoms. The number of carbonyl (C=O) groups is 1. The first-order chi connectivity index (χ1) is 11.9. The Labute approximate surface area is 156 Å². The third kappa shape index (κ3) is 4.84. The first-order valence-corrected chi connectivity index (χ1v) is 8.86. The number of esters is 1. The third-order valence-electron chi connectivity index (χ3n) is 3.76. The molecule has 2 heterocycles. The Morgan fingerprint density at radius 2 is 1.81 bits per heavy atom. The minimum Gasteiger partial charge on any atom is -0.455 e. The number of aromatic nitrogens is 3. The van der Waals surface area contributed by atoms with Gasteiger partial charge in [-0.3, -0.25) is 4.68 Å². The van der Waals surface area contributed by atoms with E-state index in [2.05, 4.69) is 36.2 Å². The maximum absolute atomic E-state index is 12.7. The lowest BCUT2D eigenvalue weighted by atomic mass is 9.97. The SMILES string of the molecule is CNc1ccc(-c2cnn(CC(C)(C)C)c2C)c(C(=O)OC(C)(C)C)n1. The van der Waals surface area contributed by atoms with Crippen LogP contribution >= 0.6 is 0 Å². The number of nitrogens with zero attached hydrogens (tertiary/aromatic N) is 3. The first-order valence-electron chi connectivity index (χ1n) is 8.86. The molecule has 0 aliphatic heterocycles. The molecule has 2 aromatic heterocycles. The maximum atomic E-state index is 12.7. The molecule has 142 valence electrons. The average Bonchev–Trinajstić information content (AvgIpc) is 2.84. The second-order valence-corrected chi connectivity index (χ2v) is 8.71. The summed E-state index contributed by atoms with van der Waals surface area (Å²) in [6, 6.07) is 3.74. The quantitative estimate of drug-likeness (QED) is 0.826. The fourth-order valence-electron chi connectivity index (χ4n) is 2.62. The van der Waals surface area contributed by atoms with Crippen LogP contribution in [0.3, 0.4) is 0 Å². The predicted molar refractivity (Wildman–Crippen MR) is 104 cm³/mol. The van der Waals surface area contributed by atoms with Crippen LogP contribution in [0.2, 0.25) is 0 Å². The number of nitrogens with one attached hydrogen (secondary N) is 1. The number of pyridine rings is 1. The third-order valence-corrected chi connectivity index (χ3v) is 3.76. The van der Waals surface area contributed by atoms with Crippen molar-refractivity contribution in [2.24, 2.45) is 5.41 Å². The molecule has 0 aliphatic rings. The molecule has 26 heavy (non-hydrogen) atoms. The van der Waals surface area contributed by atoms with Crippen LogP contribution in [-0.4, -0.2) is 33.4 Å². The molecule has 2 aromatic rings. The molecule has 0 atom stereocenters. The average molecular weight is 358 g/mol. The lowest BCUT2D eigenvalue weighted by Crippen LogP contribution is -2.25. The Morgan fingerprint density at radius 1 is 1.15 bits per heavy atom. The van der Waals surface area contributed by atoms with Crippen LogP contribution in [0.5, 0.6) is 0 Å². The topological polar surface area (TPSA) is 69.0 Å². The second-order valence-electron chi connectivity index (χ2n) is 8.71. The summed E-state index contributed by atoms with van der Waals surface area (Å²) in [6.45, 7) is 14.9. The van der Waals surface area contributed by atoms with E-state index in [0.717, 1.165) is 23.4 Å². The van der Waals surface area contributed by atoms with Crippen molar-refractivity contribution in [2.75, 3.05) is 12.4 Å². The number of anilines is 1. The molecule has 1 N–H and O–H groups in total. The Kier molecular flexibility index (Phi) is 5.44. The van der Waals surface area contributed by atoms with Crippen LogP contribution in [0.15, 0.2) is 18.3 Å². The summed E-state index contributed by atoms with van der Waals surface area (Å²) in [6.07, 6.45) is 1.80. The number of carbonyl (C=O) groups excluding carboxylic acids is 1. The van der Waals surface area contributed by atoms with Crippen molar-refractivity contribution in [2.45, 2.75) is 60.6 Å². The maximum Gasteiger partial charge on any atom is 0.358 e. The van der Waals surface area contributed by atoms with Crippen molar-refractivity contribution >= 4 is 11.8 Å². The van der Waals surface area contributed by atoms with Crippen molar-refractivity contribution < 1.29 is 9.53 Å². The van der Waals surface area contributed by atoms with Crippen molar-refractivity contribution in [1.29, 1.82) is 0 Å². The summed E-state index contributed by atoms with van der Waals surface area (Å²) in [5.74, 6) is 0.182. The molecule has 0 unspecified atom stereocenters. The van der Waals surface area contributed by atoms with Gasteiger partial charge in [-0.25, -0.2) is 9.78 Å². The van der Waals surface area contributed by atoms with E-state index in [1.807, 2.05) is 44.5 Å². The molecular weight excluding hydrogens is 328 g/mol. The fourth-order valence-corrected chi connectivity index (χ4v) is 2.62. The number of hydrogen-bond donors (Lipinski definition) is 1. The number of hydrogen-bond acceptors (Lipinski definition) is 5. The largest absolute Gasteiger partial charge is 0.455 e. The van der Waals surface area contributed by atoms with Crippen LogP contribution in [0.1, 0.15) is 57.7 Å². The van der Waals surface area contributed by atoms with Gasteiger partial charge >= 0.3 is 5.97 Å². The molecule has 6 nitrogen and oxygen atoms in total. The zero-order chi connectivity index (χ0) is 19.7. The van der Waals surface area contributed by atoms with E-state index < -0.39 is 11.6 Å². The van der Waals surface area contributed by atoms with Gasteiger partial charge in [0.1, 0.15) is 11.4 Å². The molecule has 2 rings (SSSR count). The van der Waals surface area contributed by atoms with Crippen molar-refractivity contribution in [3.63, 3.8) is 0 Å². The van der Waals surface area contributed by atoms with Gasteiger partial charge in [0.05, 0.1) is 6.20 Å². The zero-order valence-electron chi connectivity index (χ0n) is 17.1. The molecule has 0 aliphatic carbocycles. The highest BCUT2D eigenvalue weighted by Crippen LogP contribution is 2.29. The minimum absolute atomic E-state index is 0.107. The fraction of sp³-hybridized carbons (Fsp3) is 0.550. The van der Waals surface area contributed by atoms with E-state index >= 15 is 0 Å². The Balaban J connectivity index is 2.51. The van der Waals surface area contributed by atoms with Gasteiger partial charge in [-0.1, -0.05) is 20.8 Å². The summed E-state index contributed by atoms with van der Waals surface area (Å²) >= 11 is 0. The number of rotatable bonds is 4. The standard InChI is InChI=1S/C20H30N4O2/c1-13-15(11-22-24(13)12-19(2,3)4)14-9-10-16(21-8)23-17(14)18(25)26-20(5,6)7/h9-11H,12H2,1-8H3,(H,21,23). The second kappa shape index (κ2) is 7.09. The van der Waals surface area contributed by atoms with Gasteiger partial charge in [0.25, 0.3) is 0 Å². The summed E-state index contributed by atoms with van der Waals surface area (Å²) in [5, 5.41) is 7.49. The first kappa shape index (κ1) is 19.9. The van der Waals surface area contributed by atoms with Gasteiger partial charge in [0.2, 0.25) is 0 Å². The van der Waals surface area contributed by atoms with Gasteiger partial charge in [-0.05, 0) is 45.2 Å². The van der Waals surface area contributed by atoms with Crippen LogP contribution in [-0.2, 0) is 11.3 Å². The van der Waals surface area contributed by atoms with E-state index in [1.54, 1.807) is 13.2 Å². The summed E-state index contributed by atoms with van der Waals surface area (Å²) < 4.78 is 7.53. The van der Waals surface area contributed by atoms with Crippen LogP contribution in [0, 0.1) is 12.3 Å². The highest BCUT2D eigenvalue weighted by molar-refractivity contribution is 5.96. The van der Waals surface area contributed by atoms with Crippen LogP contribution in [0.25, 0.3) is 11.1 Å². The Morgan fingerprint density at radius 3 is 2.35 bits per heavy atom. The van der Waals surface area contributed by atoms with Gasteiger partial charge in [-0.15, -0.1) is 0 Å². The molecule has 0 radical (unpaired) electrons. The monoisotopic (exact) mass is 358 g/mol. The molecule has 0 aromatic carbocycles. The molecule has 0 saturated heterocycles. The molecule has 0 saturated carbocycles. The molecule has 0 bridgehead atoms. The van der Waals surface area contributed by atoms with Gasteiger partial charge in [0, 0.05) is 30.4 Å². The lowest BCUT2D eigenvalue weighted by molar-refractivity contribution is 0.00640.